The van der Waals surface area contributed by atoms with E-state index in [0.29, 0.717) is 31.0 Å². The summed E-state index contributed by atoms with van der Waals surface area (Å²) in [6.45, 7) is 3.06. The maximum Gasteiger partial charge on any atom is 0.254 e. The van der Waals surface area contributed by atoms with Crippen LogP contribution in [0.4, 0.5) is 0 Å². The average Bonchev–Trinajstić information content (AvgIpc) is 2.91. The van der Waals surface area contributed by atoms with E-state index < -0.39 is 0 Å². The Bertz CT molecular complexity index is 573. The lowest BCUT2D eigenvalue weighted by Crippen LogP contribution is -2.32. The third kappa shape index (κ3) is 3.06. The molecule has 120 valence electrons. The highest BCUT2D eigenvalue weighted by Gasteiger charge is 2.39. The van der Waals surface area contributed by atoms with Gasteiger partial charge in [0.05, 0.1) is 19.6 Å². The molecule has 0 unspecified atom stereocenters. The third-order valence-corrected chi connectivity index (χ3v) is 4.21. The van der Waals surface area contributed by atoms with Crippen molar-refractivity contribution in [2.45, 2.75) is 6.92 Å². The van der Waals surface area contributed by atoms with Gasteiger partial charge in [-0.1, -0.05) is 6.07 Å². The molecule has 1 heterocycles. The molecule has 0 spiro atoms. The standard InChI is InChI=1S/C16H22N2O4/c1-10-12(5-4-6-14(10)22-3)16(20)18-7-11(9-21-2)13(8-18)15(17)19/h4-6,11,13H,7-9H2,1-3H3,(H2,17,19)/t11-,13+/m0/s1. The molecule has 1 aromatic carbocycles. The second-order valence-electron chi connectivity index (χ2n) is 5.57. The lowest BCUT2D eigenvalue weighted by Gasteiger charge is -2.18. The number of nitrogens with two attached hydrogens (primary N) is 1. The summed E-state index contributed by atoms with van der Waals surface area (Å²) in [5.74, 6) is -0.252. The number of carbonyl (C=O) groups excluding carboxylic acids is 2. The van der Waals surface area contributed by atoms with E-state index in [0.717, 1.165) is 5.56 Å². The zero-order chi connectivity index (χ0) is 16.3. The van der Waals surface area contributed by atoms with E-state index in [9.17, 15) is 9.59 Å². The van der Waals surface area contributed by atoms with Crippen molar-refractivity contribution in [1.82, 2.24) is 4.90 Å². The lowest BCUT2D eigenvalue weighted by atomic mass is 9.96. The first kappa shape index (κ1) is 16.3. The minimum Gasteiger partial charge on any atom is -0.496 e. The van der Waals surface area contributed by atoms with E-state index in [1.165, 1.54) is 0 Å². The number of hydrogen-bond donors (Lipinski definition) is 1. The summed E-state index contributed by atoms with van der Waals surface area (Å²) >= 11 is 0. The van der Waals surface area contributed by atoms with Gasteiger partial charge in [-0.2, -0.15) is 0 Å². The van der Waals surface area contributed by atoms with E-state index in [4.69, 9.17) is 15.2 Å². The molecule has 1 saturated heterocycles. The summed E-state index contributed by atoms with van der Waals surface area (Å²) in [6, 6.07) is 5.37. The highest BCUT2D eigenvalue weighted by molar-refractivity contribution is 5.97. The minimum atomic E-state index is -0.389. The number of carbonyl (C=O) groups is 2. The van der Waals surface area contributed by atoms with Gasteiger partial charge in [0.25, 0.3) is 5.91 Å². The number of nitrogens with zero attached hydrogens (tertiary/aromatic N) is 1. The molecule has 2 amide bonds. The maximum atomic E-state index is 12.7. The molecule has 0 aromatic heterocycles. The highest BCUT2D eigenvalue weighted by Crippen LogP contribution is 2.28. The van der Waals surface area contributed by atoms with Gasteiger partial charge >= 0.3 is 0 Å². The second-order valence-corrected chi connectivity index (χ2v) is 5.57. The largest absolute Gasteiger partial charge is 0.496 e. The Morgan fingerprint density at radius 3 is 2.64 bits per heavy atom. The Kier molecular flexibility index (Phi) is 5.03. The first-order valence-electron chi connectivity index (χ1n) is 7.20. The van der Waals surface area contributed by atoms with Gasteiger partial charge in [0.1, 0.15) is 5.75 Å². The molecule has 1 aliphatic heterocycles. The van der Waals surface area contributed by atoms with E-state index >= 15 is 0 Å². The summed E-state index contributed by atoms with van der Waals surface area (Å²) in [6.07, 6.45) is 0. The van der Waals surface area contributed by atoms with Crippen molar-refractivity contribution < 1.29 is 19.1 Å². The van der Waals surface area contributed by atoms with Crippen LogP contribution in [-0.4, -0.2) is 50.6 Å². The Labute approximate surface area is 130 Å². The molecule has 0 radical (unpaired) electrons. The van der Waals surface area contributed by atoms with E-state index in [2.05, 4.69) is 0 Å². The van der Waals surface area contributed by atoms with Crippen molar-refractivity contribution in [3.05, 3.63) is 29.3 Å². The quantitative estimate of drug-likeness (QED) is 0.873. The number of rotatable bonds is 5. The predicted octanol–water partition coefficient (Wildman–Crippen LogP) is 0.824. The number of methoxy groups -OCH3 is 2. The van der Waals surface area contributed by atoms with E-state index in [1.54, 1.807) is 31.3 Å². The third-order valence-electron chi connectivity index (χ3n) is 4.21. The van der Waals surface area contributed by atoms with Crippen molar-refractivity contribution in [3.63, 3.8) is 0 Å². The predicted molar refractivity (Wildman–Crippen MR) is 81.7 cm³/mol. The molecular weight excluding hydrogens is 284 g/mol. The Hall–Kier alpha value is -2.08. The Morgan fingerprint density at radius 1 is 1.32 bits per heavy atom. The second kappa shape index (κ2) is 6.79. The molecule has 2 rings (SSSR count). The smallest absolute Gasteiger partial charge is 0.254 e. The summed E-state index contributed by atoms with van der Waals surface area (Å²) in [5, 5.41) is 0. The fourth-order valence-corrected chi connectivity index (χ4v) is 2.98. The molecule has 6 nitrogen and oxygen atoms in total. The van der Waals surface area contributed by atoms with Crippen molar-refractivity contribution in [2.75, 3.05) is 33.9 Å². The first-order valence-corrected chi connectivity index (χ1v) is 7.20. The molecule has 22 heavy (non-hydrogen) atoms. The molecule has 2 N–H and O–H groups in total. The zero-order valence-electron chi connectivity index (χ0n) is 13.2. The van der Waals surface area contributed by atoms with Crippen LogP contribution in [0.2, 0.25) is 0 Å². The fraction of sp³-hybridized carbons (Fsp3) is 0.500. The molecule has 6 heteroatoms. The molecule has 0 saturated carbocycles. The molecule has 1 fully saturated rings. The Morgan fingerprint density at radius 2 is 2.05 bits per heavy atom. The van der Waals surface area contributed by atoms with Gasteiger partial charge in [0.15, 0.2) is 0 Å². The van der Waals surface area contributed by atoms with Crippen LogP contribution in [0.25, 0.3) is 0 Å². The molecular formula is C16H22N2O4. The Balaban J connectivity index is 2.22. The molecule has 2 atom stereocenters. The maximum absolute atomic E-state index is 12.7. The van der Waals surface area contributed by atoms with Gasteiger partial charge in [-0.25, -0.2) is 0 Å². The van der Waals surface area contributed by atoms with Crippen LogP contribution in [0.5, 0.6) is 5.75 Å². The average molecular weight is 306 g/mol. The van der Waals surface area contributed by atoms with Gasteiger partial charge in [0.2, 0.25) is 5.91 Å². The molecule has 0 bridgehead atoms. The van der Waals surface area contributed by atoms with Crippen LogP contribution in [0.3, 0.4) is 0 Å². The topological polar surface area (TPSA) is 81.9 Å². The molecule has 1 aromatic rings. The molecule has 1 aliphatic rings. The highest BCUT2D eigenvalue weighted by atomic mass is 16.5. The number of ether oxygens (including phenoxy) is 2. The number of likely N-dealkylation sites (tertiary alicyclic amines) is 1. The number of benzene rings is 1. The van der Waals surface area contributed by atoms with Gasteiger partial charge < -0.3 is 20.1 Å². The van der Waals surface area contributed by atoms with Crippen molar-refractivity contribution in [3.8, 4) is 5.75 Å². The minimum absolute atomic E-state index is 0.0580. The van der Waals surface area contributed by atoms with Crippen LogP contribution >= 0.6 is 0 Å². The van der Waals surface area contributed by atoms with E-state index in [-0.39, 0.29) is 23.7 Å². The van der Waals surface area contributed by atoms with Crippen LogP contribution in [0, 0.1) is 18.8 Å². The first-order chi connectivity index (χ1) is 10.5. The lowest BCUT2D eigenvalue weighted by molar-refractivity contribution is -0.122. The summed E-state index contributed by atoms with van der Waals surface area (Å²) < 4.78 is 10.4. The van der Waals surface area contributed by atoms with Gasteiger partial charge in [-0.05, 0) is 19.1 Å². The number of primary amides is 1. The number of hydrogen-bond acceptors (Lipinski definition) is 4. The van der Waals surface area contributed by atoms with Gasteiger partial charge in [-0.3, -0.25) is 9.59 Å². The van der Waals surface area contributed by atoms with Crippen molar-refractivity contribution >= 4 is 11.8 Å². The van der Waals surface area contributed by atoms with Crippen LogP contribution < -0.4 is 10.5 Å². The summed E-state index contributed by atoms with van der Waals surface area (Å²) in [4.78, 5) is 26.0. The molecule has 0 aliphatic carbocycles. The SMILES string of the molecule is COC[C@@H]1CN(C(=O)c2cccc(OC)c2C)C[C@H]1C(N)=O. The fourth-order valence-electron chi connectivity index (χ4n) is 2.98. The van der Waals surface area contributed by atoms with Crippen molar-refractivity contribution in [1.29, 1.82) is 0 Å². The van der Waals surface area contributed by atoms with Crippen molar-refractivity contribution in [2.24, 2.45) is 17.6 Å². The van der Waals surface area contributed by atoms with Gasteiger partial charge in [-0.15, -0.1) is 0 Å². The monoisotopic (exact) mass is 306 g/mol. The van der Waals surface area contributed by atoms with Crippen LogP contribution in [0.1, 0.15) is 15.9 Å². The van der Waals surface area contributed by atoms with Gasteiger partial charge in [0, 0.05) is 37.2 Å². The summed E-state index contributed by atoms with van der Waals surface area (Å²) in [7, 11) is 3.15. The number of amides is 2. The van der Waals surface area contributed by atoms with Crippen LogP contribution in [0.15, 0.2) is 18.2 Å². The van der Waals surface area contributed by atoms with Crippen LogP contribution in [-0.2, 0) is 9.53 Å². The summed E-state index contributed by atoms with van der Waals surface area (Å²) in [5.41, 5.74) is 6.82. The zero-order valence-corrected chi connectivity index (χ0v) is 13.2. The normalized spacial score (nSPS) is 21.0. The van der Waals surface area contributed by atoms with E-state index in [1.807, 2.05) is 13.0 Å².